The van der Waals surface area contributed by atoms with Gasteiger partial charge in [-0.1, -0.05) is 46.3 Å². The van der Waals surface area contributed by atoms with Crippen LogP contribution >= 0.6 is 31.9 Å². The van der Waals surface area contributed by atoms with E-state index in [9.17, 15) is 5.11 Å². The van der Waals surface area contributed by atoms with E-state index in [1.165, 1.54) is 0 Å². The van der Waals surface area contributed by atoms with Crippen LogP contribution in [0.15, 0.2) is 57.5 Å². The van der Waals surface area contributed by atoms with Gasteiger partial charge in [0.1, 0.15) is 0 Å². The van der Waals surface area contributed by atoms with Gasteiger partial charge in [0.2, 0.25) is 0 Å². The van der Waals surface area contributed by atoms with Crippen LogP contribution in [0.25, 0.3) is 0 Å². The van der Waals surface area contributed by atoms with E-state index in [4.69, 9.17) is 4.74 Å². The minimum absolute atomic E-state index is 0.299. The maximum Gasteiger partial charge on any atom is 0.0945 e. The molecule has 0 spiro atoms. The lowest BCUT2D eigenvalue weighted by Gasteiger charge is -2.14. The topological polar surface area (TPSA) is 41.5 Å². The average molecular weight is 415 g/mol. The molecule has 0 aliphatic rings. The van der Waals surface area contributed by atoms with Crippen molar-refractivity contribution in [2.75, 3.05) is 18.5 Å². The van der Waals surface area contributed by atoms with Gasteiger partial charge in [-0.15, -0.1) is 0 Å². The van der Waals surface area contributed by atoms with Crippen molar-refractivity contribution in [3.63, 3.8) is 0 Å². The van der Waals surface area contributed by atoms with E-state index in [2.05, 4.69) is 37.2 Å². The monoisotopic (exact) mass is 413 g/mol. The van der Waals surface area contributed by atoms with Crippen molar-refractivity contribution in [1.29, 1.82) is 0 Å². The van der Waals surface area contributed by atoms with E-state index in [0.717, 1.165) is 20.2 Å². The van der Waals surface area contributed by atoms with E-state index in [-0.39, 0.29) is 0 Å². The molecular formula is C16H17Br2NO2. The smallest absolute Gasteiger partial charge is 0.0945 e. The summed E-state index contributed by atoms with van der Waals surface area (Å²) in [7, 11) is 0. The molecule has 0 saturated carbocycles. The van der Waals surface area contributed by atoms with Gasteiger partial charge >= 0.3 is 0 Å². The summed E-state index contributed by atoms with van der Waals surface area (Å²) in [4.78, 5) is 0. The Kier molecular flexibility index (Phi) is 6.70. The molecule has 2 aromatic carbocycles. The number of hydrogen-bond acceptors (Lipinski definition) is 3. The van der Waals surface area contributed by atoms with Gasteiger partial charge in [0, 0.05) is 21.2 Å². The zero-order valence-electron chi connectivity index (χ0n) is 11.4. The fraction of sp³-hybridized carbons (Fsp3) is 0.250. The molecule has 0 saturated heterocycles. The molecule has 2 N–H and O–H groups in total. The molecule has 0 fully saturated rings. The van der Waals surface area contributed by atoms with E-state index >= 15 is 0 Å². The predicted molar refractivity (Wildman–Crippen MR) is 92.4 cm³/mol. The second-order valence-electron chi connectivity index (χ2n) is 4.66. The third-order valence-electron chi connectivity index (χ3n) is 2.88. The standard InChI is InChI=1S/C16H17Br2NO2/c17-13-6-7-15(18)16(8-13)19-9-14(20)11-21-10-12-4-2-1-3-5-12/h1-8,14,19-20H,9-11H2. The van der Waals surface area contributed by atoms with E-state index in [1.54, 1.807) is 0 Å². The lowest BCUT2D eigenvalue weighted by Crippen LogP contribution is -2.24. The number of ether oxygens (including phenoxy) is 1. The Bertz CT molecular complexity index is 563. The van der Waals surface area contributed by atoms with Gasteiger partial charge in [-0.05, 0) is 39.7 Å². The Hall–Kier alpha value is -0.880. The average Bonchev–Trinajstić information content (AvgIpc) is 2.49. The first-order valence-corrected chi connectivity index (χ1v) is 8.22. The molecule has 2 rings (SSSR count). The first-order chi connectivity index (χ1) is 10.1. The van der Waals surface area contributed by atoms with Crippen LogP contribution in [0.4, 0.5) is 5.69 Å². The van der Waals surface area contributed by atoms with Crippen molar-refractivity contribution >= 4 is 37.5 Å². The van der Waals surface area contributed by atoms with Gasteiger partial charge in [-0.3, -0.25) is 0 Å². The minimum Gasteiger partial charge on any atom is -0.389 e. The summed E-state index contributed by atoms with van der Waals surface area (Å²) in [6.07, 6.45) is -0.556. The summed E-state index contributed by atoms with van der Waals surface area (Å²) >= 11 is 6.89. The van der Waals surface area contributed by atoms with Crippen molar-refractivity contribution in [2.45, 2.75) is 12.7 Å². The summed E-state index contributed by atoms with van der Waals surface area (Å²) in [6, 6.07) is 15.8. The van der Waals surface area contributed by atoms with Gasteiger partial charge in [-0.2, -0.15) is 0 Å². The molecule has 1 atom stereocenters. The minimum atomic E-state index is -0.556. The number of benzene rings is 2. The zero-order valence-corrected chi connectivity index (χ0v) is 14.6. The number of aliphatic hydroxyl groups is 1. The second-order valence-corrected chi connectivity index (χ2v) is 6.43. The molecule has 0 bridgehead atoms. The molecule has 1 unspecified atom stereocenters. The third-order valence-corrected chi connectivity index (χ3v) is 4.06. The fourth-order valence-electron chi connectivity index (χ4n) is 1.81. The summed E-state index contributed by atoms with van der Waals surface area (Å²) in [6.45, 7) is 1.25. The van der Waals surface area contributed by atoms with Gasteiger partial charge in [0.25, 0.3) is 0 Å². The summed E-state index contributed by atoms with van der Waals surface area (Å²) < 4.78 is 7.46. The molecule has 0 amide bonds. The number of anilines is 1. The van der Waals surface area contributed by atoms with Crippen molar-refractivity contribution in [1.82, 2.24) is 0 Å². The molecule has 5 heteroatoms. The molecule has 0 aliphatic carbocycles. The quantitative estimate of drug-likeness (QED) is 0.713. The van der Waals surface area contributed by atoms with Crippen molar-refractivity contribution in [3.8, 4) is 0 Å². The first-order valence-electron chi connectivity index (χ1n) is 6.64. The molecular weight excluding hydrogens is 398 g/mol. The lowest BCUT2D eigenvalue weighted by atomic mass is 10.2. The van der Waals surface area contributed by atoms with E-state index in [1.807, 2.05) is 48.5 Å². The maximum absolute atomic E-state index is 9.93. The van der Waals surface area contributed by atoms with E-state index < -0.39 is 6.10 Å². The highest BCUT2D eigenvalue weighted by atomic mass is 79.9. The zero-order chi connectivity index (χ0) is 15.1. The SMILES string of the molecule is OC(CNc1cc(Br)ccc1Br)COCc1ccccc1. The molecule has 3 nitrogen and oxygen atoms in total. The second kappa shape index (κ2) is 8.54. The number of nitrogens with one attached hydrogen (secondary N) is 1. The number of rotatable bonds is 7. The Morgan fingerprint density at radius 1 is 1.10 bits per heavy atom. The van der Waals surface area contributed by atoms with Crippen LogP contribution in [0.1, 0.15) is 5.56 Å². The Labute approximate surface area is 141 Å². The van der Waals surface area contributed by atoms with Gasteiger partial charge in [0.05, 0.1) is 19.3 Å². The Morgan fingerprint density at radius 3 is 2.62 bits per heavy atom. The number of hydrogen-bond donors (Lipinski definition) is 2. The van der Waals surface area contributed by atoms with E-state index in [0.29, 0.717) is 19.8 Å². The van der Waals surface area contributed by atoms with Gasteiger partial charge in [0.15, 0.2) is 0 Å². The number of halogens is 2. The molecule has 0 aliphatic heterocycles. The van der Waals surface area contributed by atoms with Gasteiger partial charge < -0.3 is 15.2 Å². The van der Waals surface area contributed by atoms with Crippen LogP contribution in [0.3, 0.4) is 0 Å². The maximum atomic E-state index is 9.93. The van der Waals surface area contributed by atoms with Crippen LogP contribution in [0, 0.1) is 0 Å². The van der Waals surface area contributed by atoms with Crippen molar-refractivity contribution in [3.05, 3.63) is 63.0 Å². The molecule has 0 heterocycles. The first kappa shape index (κ1) is 16.5. The van der Waals surface area contributed by atoms with Crippen molar-refractivity contribution in [2.24, 2.45) is 0 Å². The summed E-state index contributed by atoms with van der Waals surface area (Å²) in [5.74, 6) is 0. The molecule has 0 radical (unpaired) electrons. The highest BCUT2D eigenvalue weighted by Crippen LogP contribution is 2.26. The largest absolute Gasteiger partial charge is 0.389 e. The van der Waals surface area contributed by atoms with Crippen LogP contribution in [-0.2, 0) is 11.3 Å². The molecule has 21 heavy (non-hydrogen) atoms. The molecule has 0 aromatic heterocycles. The highest BCUT2D eigenvalue weighted by Gasteiger charge is 2.06. The number of aliphatic hydroxyl groups excluding tert-OH is 1. The normalized spacial score (nSPS) is 12.1. The van der Waals surface area contributed by atoms with Crippen LogP contribution in [0.5, 0.6) is 0 Å². The third kappa shape index (κ3) is 5.79. The Morgan fingerprint density at radius 2 is 1.86 bits per heavy atom. The summed E-state index contributed by atoms with van der Waals surface area (Å²) in [5.41, 5.74) is 2.04. The van der Waals surface area contributed by atoms with Crippen LogP contribution in [-0.4, -0.2) is 24.4 Å². The molecule has 112 valence electrons. The molecule has 2 aromatic rings. The Balaban J connectivity index is 1.72. The summed E-state index contributed by atoms with van der Waals surface area (Å²) in [5, 5.41) is 13.1. The lowest BCUT2D eigenvalue weighted by molar-refractivity contribution is 0.0348. The van der Waals surface area contributed by atoms with Gasteiger partial charge in [-0.25, -0.2) is 0 Å². The van der Waals surface area contributed by atoms with Crippen LogP contribution in [0.2, 0.25) is 0 Å². The van der Waals surface area contributed by atoms with Crippen LogP contribution < -0.4 is 5.32 Å². The highest BCUT2D eigenvalue weighted by molar-refractivity contribution is 9.11. The van der Waals surface area contributed by atoms with Crippen molar-refractivity contribution < 1.29 is 9.84 Å². The fourth-order valence-corrected chi connectivity index (χ4v) is 2.55. The predicted octanol–water partition coefficient (Wildman–Crippen LogP) is 4.20.